The fourth-order valence-electron chi connectivity index (χ4n) is 4.89. The summed E-state index contributed by atoms with van der Waals surface area (Å²) in [4.78, 5) is 42.4. The van der Waals surface area contributed by atoms with Crippen molar-refractivity contribution in [2.45, 2.75) is 19.0 Å². The molecule has 3 heterocycles. The van der Waals surface area contributed by atoms with Crippen molar-refractivity contribution in [1.82, 2.24) is 4.90 Å². The molecule has 28 heavy (non-hydrogen) atoms. The maximum atomic E-state index is 13.5. The number of rotatable bonds is 2. The van der Waals surface area contributed by atoms with Crippen molar-refractivity contribution >= 4 is 41.0 Å². The molecule has 2 aromatic carbocycles. The summed E-state index contributed by atoms with van der Waals surface area (Å²) in [7, 11) is 0. The van der Waals surface area contributed by atoms with E-state index in [9.17, 15) is 14.4 Å². The molecule has 0 aromatic heterocycles. The van der Waals surface area contributed by atoms with Crippen LogP contribution < -0.4 is 4.90 Å². The summed E-state index contributed by atoms with van der Waals surface area (Å²) in [5, 5.41) is 0.337. The molecule has 5 rings (SSSR count). The molecule has 5 nitrogen and oxygen atoms in total. The van der Waals surface area contributed by atoms with Crippen molar-refractivity contribution in [3.05, 3.63) is 70.9 Å². The van der Waals surface area contributed by atoms with Crippen molar-refractivity contribution < 1.29 is 14.4 Å². The zero-order valence-electron chi connectivity index (χ0n) is 15.1. The molecule has 3 aliphatic heterocycles. The van der Waals surface area contributed by atoms with Gasteiger partial charge in [-0.2, -0.15) is 0 Å². The van der Waals surface area contributed by atoms with Crippen LogP contribution in [0.2, 0.25) is 5.02 Å². The van der Waals surface area contributed by atoms with E-state index in [1.807, 2.05) is 41.4 Å². The molecule has 0 N–H and O–H groups in total. The molecule has 2 saturated heterocycles. The number of hydrogen-bond acceptors (Lipinski definition) is 4. The molecule has 0 spiro atoms. The Morgan fingerprint density at radius 2 is 1.64 bits per heavy atom. The van der Waals surface area contributed by atoms with Gasteiger partial charge in [0.25, 0.3) is 0 Å². The van der Waals surface area contributed by atoms with E-state index in [0.29, 0.717) is 10.7 Å². The number of amides is 2. The number of halogens is 1. The lowest BCUT2D eigenvalue weighted by molar-refractivity contribution is -0.129. The Kier molecular flexibility index (Phi) is 3.71. The standard InChI is InChI=1S/C22H17ClN2O3/c1-12(26)19-17-18(20-14-7-3-2-6-13(14)10-11-24(19)20)22(28)25(21(17)27)16-9-5-4-8-15(16)23/h2-11,17-20H,1H3/t17-,18+,19-,20+/m1/s1. The number of para-hydroxylation sites is 1. The highest BCUT2D eigenvalue weighted by Crippen LogP contribution is 2.53. The summed E-state index contributed by atoms with van der Waals surface area (Å²) in [5.41, 5.74) is 2.34. The number of benzene rings is 2. The van der Waals surface area contributed by atoms with Gasteiger partial charge in [0, 0.05) is 6.20 Å². The van der Waals surface area contributed by atoms with Crippen molar-refractivity contribution in [3.8, 4) is 0 Å². The molecule has 4 atom stereocenters. The second kappa shape index (κ2) is 6.04. The third-order valence-corrected chi connectivity index (χ3v) is 6.29. The highest BCUT2D eigenvalue weighted by molar-refractivity contribution is 6.36. The summed E-state index contributed by atoms with van der Waals surface area (Å²) in [6.07, 6.45) is 3.78. The predicted octanol–water partition coefficient (Wildman–Crippen LogP) is 3.44. The van der Waals surface area contributed by atoms with Gasteiger partial charge in [-0.1, -0.05) is 48.0 Å². The molecule has 2 aromatic rings. The van der Waals surface area contributed by atoms with Gasteiger partial charge in [-0.3, -0.25) is 14.4 Å². The first-order valence-corrected chi connectivity index (χ1v) is 9.56. The van der Waals surface area contributed by atoms with Crippen molar-refractivity contribution in [1.29, 1.82) is 0 Å². The SMILES string of the molecule is CC(=O)[C@@H]1[C@@H]2C(=O)N(c3ccccc3Cl)C(=O)[C@@H]2[C@@H]2c3ccccc3C=CN12. The van der Waals surface area contributed by atoms with Gasteiger partial charge in [-0.25, -0.2) is 4.90 Å². The molecule has 0 saturated carbocycles. The number of hydrogen-bond donors (Lipinski definition) is 0. The first-order valence-electron chi connectivity index (χ1n) is 9.18. The van der Waals surface area contributed by atoms with Crippen LogP contribution in [0.5, 0.6) is 0 Å². The Morgan fingerprint density at radius 3 is 2.39 bits per heavy atom. The Morgan fingerprint density at radius 1 is 0.964 bits per heavy atom. The quantitative estimate of drug-likeness (QED) is 0.734. The zero-order chi connectivity index (χ0) is 19.6. The largest absolute Gasteiger partial charge is 0.359 e. The van der Waals surface area contributed by atoms with Gasteiger partial charge in [0.1, 0.15) is 0 Å². The minimum absolute atomic E-state index is 0.122. The molecule has 2 amide bonds. The summed E-state index contributed by atoms with van der Waals surface area (Å²) in [6.45, 7) is 1.48. The second-order valence-corrected chi connectivity index (χ2v) is 7.81. The molecule has 0 aliphatic carbocycles. The first-order chi connectivity index (χ1) is 13.5. The Labute approximate surface area is 167 Å². The van der Waals surface area contributed by atoms with Crippen LogP contribution >= 0.6 is 11.6 Å². The van der Waals surface area contributed by atoms with Crippen LogP contribution in [-0.2, 0) is 14.4 Å². The molecule has 3 aliphatic rings. The minimum Gasteiger partial charge on any atom is -0.359 e. The fourth-order valence-corrected chi connectivity index (χ4v) is 5.11. The van der Waals surface area contributed by atoms with Gasteiger partial charge in [-0.05, 0) is 36.3 Å². The molecular weight excluding hydrogens is 376 g/mol. The van der Waals surface area contributed by atoms with E-state index in [1.165, 1.54) is 11.8 Å². The van der Waals surface area contributed by atoms with E-state index in [4.69, 9.17) is 11.6 Å². The molecule has 2 fully saturated rings. The number of imide groups is 1. The monoisotopic (exact) mass is 392 g/mol. The van der Waals surface area contributed by atoms with Gasteiger partial charge in [0.15, 0.2) is 5.78 Å². The maximum Gasteiger partial charge on any atom is 0.240 e. The van der Waals surface area contributed by atoms with E-state index < -0.39 is 17.9 Å². The zero-order valence-corrected chi connectivity index (χ0v) is 15.8. The lowest BCUT2D eigenvalue weighted by Gasteiger charge is -2.35. The van der Waals surface area contributed by atoms with Crippen molar-refractivity contribution in [3.63, 3.8) is 0 Å². The Balaban J connectivity index is 1.67. The van der Waals surface area contributed by atoms with Crippen LogP contribution in [0, 0.1) is 11.8 Å². The fraction of sp³-hybridized carbons (Fsp3) is 0.227. The van der Waals surface area contributed by atoms with E-state index in [2.05, 4.69) is 0 Å². The van der Waals surface area contributed by atoms with Gasteiger partial charge in [0.2, 0.25) is 11.8 Å². The molecule has 0 radical (unpaired) electrons. The van der Waals surface area contributed by atoms with Crippen LogP contribution in [0.3, 0.4) is 0 Å². The third kappa shape index (κ3) is 2.17. The number of carbonyl (C=O) groups excluding carboxylic acids is 3. The summed E-state index contributed by atoms with van der Waals surface area (Å²) in [5.74, 6) is -2.12. The summed E-state index contributed by atoms with van der Waals surface area (Å²) >= 11 is 6.27. The number of nitrogens with zero attached hydrogens (tertiary/aromatic N) is 2. The second-order valence-electron chi connectivity index (χ2n) is 7.41. The lowest BCUT2D eigenvalue weighted by atomic mass is 9.84. The Bertz CT molecular complexity index is 1060. The van der Waals surface area contributed by atoms with E-state index >= 15 is 0 Å². The third-order valence-electron chi connectivity index (χ3n) is 5.97. The van der Waals surface area contributed by atoms with Crippen LogP contribution in [0.15, 0.2) is 54.7 Å². The molecule has 140 valence electrons. The topological polar surface area (TPSA) is 57.7 Å². The van der Waals surface area contributed by atoms with Crippen LogP contribution in [0.1, 0.15) is 24.1 Å². The van der Waals surface area contributed by atoms with Gasteiger partial charge < -0.3 is 4.90 Å². The Hall–Kier alpha value is -2.92. The summed E-state index contributed by atoms with van der Waals surface area (Å²) < 4.78 is 0. The first kappa shape index (κ1) is 17.2. The van der Waals surface area contributed by atoms with Crippen LogP contribution in [-0.4, -0.2) is 28.5 Å². The molecule has 0 bridgehead atoms. The van der Waals surface area contributed by atoms with E-state index in [1.54, 1.807) is 24.3 Å². The van der Waals surface area contributed by atoms with Gasteiger partial charge in [-0.15, -0.1) is 0 Å². The van der Waals surface area contributed by atoms with E-state index in [-0.39, 0.29) is 23.6 Å². The number of carbonyl (C=O) groups is 3. The molecule has 0 unspecified atom stereocenters. The highest BCUT2D eigenvalue weighted by Gasteiger charge is 2.64. The molecule has 6 heteroatoms. The van der Waals surface area contributed by atoms with Crippen molar-refractivity contribution in [2.24, 2.45) is 11.8 Å². The average molecular weight is 393 g/mol. The number of fused-ring (bicyclic) bond motifs is 5. The molecular formula is C22H17ClN2O3. The minimum atomic E-state index is -0.720. The summed E-state index contributed by atoms with van der Waals surface area (Å²) in [6, 6.07) is 13.6. The number of anilines is 1. The number of ketones is 1. The average Bonchev–Trinajstić information content (AvgIpc) is 3.16. The van der Waals surface area contributed by atoms with Crippen LogP contribution in [0.25, 0.3) is 6.08 Å². The smallest absolute Gasteiger partial charge is 0.240 e. The van der Waals surface area contributed by atoms with Crippen molar-refractivity contribution in [2.75, 3.05) is 4.90 Å². The van der Waals surface area contributed by atoms with E-state index in [0.717, 1.165) is 11.1 Å². The lowest BCUT2D eigenvalue weighted by Crippen LogP contribution is -2.43. The maximum absolute atomic E-state index is 13.5. The normalized spacial score (nSPS) is 27.6. The predicted molar refractivity (Wildman–Crippen MR) is 105 cm³/mol. The van der Waals surface area contributed by atoms with Gasteiger partial charge >= 0.3 is 0 Å². The van der Waals surface area contributed by atoms with Crippen LogP contribution in [0.4, 0.5) is 5.69 Å². The van der Waals surface area contributed by atoms with Gasteiger partial charge in [0.05, 0.1) is 34.6 Å². The number of Topliss-reactive ketones (excluding diaryl/α,β-unsaturated/α-hetero) is 1. The highest BCUT2D eigenvalue weighted by atomic mass is 35.5.